The lowest BCUT2D eigenvalue weighted by Crippen LogP contribution is -2.71. The monoisotopic (exact) mass is 938 g/mol. The number of ether oxygens (including phenoxy) is 2. The van der Waals surface area contributed by atoms with E-state index < -0.39 is 23.8 Å². The van der Waals surface area contributed by atoms with E-state index in [1.54, 1.807) is 29.9 Å². The molecular formula is C48H59ClN10O8. The Kier molecular flexibility index (Phi) is 14.1. The number of carbonyl (C=O) groups is 5. The molecule has 5 amide bonds. The molecule has 7 heterocycles. The van der Waals surface area contributed by atoms with E-state index in [2.05, 4.69) is 36.1 Å². The maximum Gasteiger partial charge on any atom is 0.293 e. The van der Waals surface area contributed by atoms with Gasteiger partial charge in [0.25, 0.3) is 17.4 Å². The second-order valence-electron chi connectivity index (χ2n) is 18.3. The van der Waals surface area contributed by atoms with Gasteiger partial charge >= 0.3 is 0 Å². The lowest BCUT2D eigenvalue weighted by Gasteiger charge is -2.57. The van der Waals surface area contributed by atoms with Crippen LogP contribution in [0.5, 0.6) is 5.75 Å². The third-order valence-corrected chi connectivity index (χ3v) is 13.6. The Morgan fingerprint density at radius 1 is 0.955 bits per heavy atom. The largest absolute Gasteiger partial charge is 0.488 e. The number of pyridine rings is 1. The van der Waals surface area contributed by atoms with Crippen LogP contribution >= 0.6 is 11.6 Å². The highest BCUT2D eigenvalue weighted by atomic mass is 35.5. The van der Waals surface area contributed by atoms with Crippen LogP contribution in [0.2, 0.25) is 5.02 Å². The topological polar surface area (TPSA) is 209 Å². The van der Waals surface area contributed by atoms with Crippen LogP contribution < -0.4 is 41.4 Å². The molecule has 5 aliphatic heterocycles. The second-order valence-corrected chi connectivity index (χ2v) is 18.7. The third-order valence-electron chi connectivity index (χ3n) is 13.3. The minimum Gasteiger partial charge on any atom is -0.488 e. The van der Waals surface area contributed by atoms with Crippen molar-refractivity contribution in [3.05, 3.63) is 74.7 Å². The molecule has 2 aromatic carbocycles. The van der Waals surface area contributed by atoms with Gasteiger partial charge in [-0.25, -0.2) is 4.98 Å². The van der Waals surface area contributed by atoms with Gasteiger partial charge in [0.15, 0.2) is 11.6 Å². The van der Waals surface area contributed by atoms with Crippen LogP contribution in [0.1, 0.15) is 98.0 Å². The lowest BCUT2D eigenvalue weighted by atomic mass is 9.74. The van der Waals surface area contributed by atoms with Gasteiger partial charge in [-0.05, 0) is 108 Å². The number of amides is 5. The van der Waals surface area contributed by atoms with Crippen LogP contribution in [-0.2, 0) is 19.1 Å². The summed E-state index contributed by atoms with van der Waals surface area (Å²) in [5.74, 6) is -0.285. The normalized spacial score (nSPS) is 19.9. The molecule has 0 radical (unpaired) electrons. The van der Waals surface area contributed by atoms with E-state index >= 15 is 0 Å². The average Bonchev–Trinajstić information content (AvgIpc) is 3.52. The van der Waals surface area contributed by atoms with E-state index in [4.69, 9.17) is 30.9 Å². The fourth-order valence-corrected chi connectivity index (χ4v) is 9.70. The average molecular weight is 940 g/mol. The SMILES string of the molecule is CCOc1cc2cc(Nc3nc(N4CCC(OC5CCC5)CC4)ncc3Cl)ccc2n(C(C)C)c1=O.CNC=O.Cc1c(N2CC3(CNC3)C2)ccc2c1C(=O)N(C1CCC(=O)NC1=O)C2=O. The molecule has 18 nitrogen and oxygen atoms in total. The van der Waals surface area contributed by atoms with Crippen molar-refractivity contribution < 1.29 is 33.4 Å². The Hall–Kier alpha value is -6.11. The number of aromatic nitrogens is 3. The summed E-state index contributed by atoms with van der Waals surface area (Å²) in [6.07, 6.45) is 9.02. The number of imide groups is 2. The summed E-state index contributed by atoms with van der Waals surface area (Å²) in [5.41, 5.74) is 4.37. The first-order valence-electron chi connectivity index (χ1n) is 23.2. The highest BCUT2D eigenvalue weighted by Crippen LogP contribution is 2.42. The molecule has 1 spiro atoms. The minimum absolute atomic E-state index is 0.00124. The third kappa shape index (κ3) is 9.69. The summed E-state index contributed by atoms with van der Waals surface area (Å²) in [7, 11) is 1.56. The van der Waals surface area contributed by atoms with Crippen LogP contribution in [0.15, 0.2) is 47.4 Å². The van der Waals surface area contributed by atoms with Gasteiger partial charge in [-0.1, -0.05) is 11.6 Å². The molecule has 1 unspecified atom stereocenters. The van der Waals surface area contributed by atoms with Crippen molar-refractivity contribution in [1.82, 2.24) is 35.4 Å². The van der Waals surface area contributed by atoms with Gasteiger partial charge in [0.05, 0.1) is 41.7 Å². The first kappa shape index (κ1) is 47.4. The van der Waals surface area contributed by atoms with Crippen molar-refractivity contribution >= 4 is 75.7 Å². The van der Waals surface area contributed by atoms with Crippen molar-refractivity contribution in [3.63, 3.8) is 0 Å². The molecule has 4 saturated heterocycles. The molecule has 1 atom stereocenters. The van der Waals surface area contributed by atoms with Gasteiger partial charge in [0.1, 0.15) is 11.1 Å². The van der Waals surface area contributed by atoms with E-state index in [9.17, 15) is 24.0 Å². The van der Waals surface area contributed by atoms with E-state index in [0.717, 1.165) is 84.9 Å². The van der Waals surface area contributed by atoms with Crippen LogP contribution in [0.25, 0.3) is 10.9 Å². The Balaban J connectivity index is 0.000000174. The molecule has 2 aromatic heterocycles. The smallest absolute Gasteiger partial charge is 0.293 e. The first-order valence-corrected chi connectivity index (χ1v) is 23.6. The maximum absolute atomic E-state index is 13.0. The molecule has 67 heavy (non-hydrogen) atoms. The zero-order valence-corrected chi connectivity index (χ0v) is 39.4. The number of rotatable bonds is 11. The highest BCUT2D eigenvalue weighted by Gasteiger charge is 2.50. The molecule has 4 aromatic rings. The quantitative estimate of drug-likeness (QED) is 0.117. The molecule has 4 N–H and O–H groups in total. The molecular weight excluding hydrogens is 880 g/mol. The van der Waals surface area contributed by atoms with Gasteiger partial charge in [-0.15, -0.1) is 0 Å². The molecule has 1 aliphatic carbocycles. The minimum atomic E-state index is -0.925. The van der Waals surface area contributed by atoms with E-state index in [0.29, 0.717) is 64.3 Å². The summed E-state index contributed by atoms with van der Waals surface area (Å²) >= 11 is 6.47. The van der Waals surface area contributed by atoms with E-state index in [1.165, 1.54) is 19.3 Å². The Labute approximate surface area is 394 Å². The number of piperidine rings is 2. The Morgan fingerprint density at radius 2 is 1.67 bits per heavy atom. The highest BCUT2D eigenvalue weighted by molar-refractivity contribution is 6.33. The van der Waals surface area contributed by atoms with Crippen molar-refractivity contribution in [2.45, 2.75) is 96.9 Å². The predicted octanol–water partition coefficient (Wildman–Crippen LogP) is 4.87. The fraction of sp³-hybridized carbons (Fsp3) is 0.500. The molecule has 356 valence electrons. The van der Waals surface area contributed by atoms with Gasteiger partial charge < -0.3 is 39.8 Å². The maximum atomic E-state index is 13.0. The zero-order valence-electron chi connectivity index (χ0n) is 38.7. The Bertz CT molecular complexity index is 2620. The molecule has 19 heteroatoms. The van der Waals surface area contributed by atoms with Gasteiger partial charge in [-0.2, -0.15) is 4.98 Å². The van der Waals surface area contributed by atoms with Crippen LogP contribution in [-0.4, -0.2) is 121 Å². The number of nitrogens with one attached hydrogen (secondary N) is 4. The van der Waals surface area contributed by atoms with Gasteiger partial charge in [-0.3, -0.25) is 39.0 Å². The van der Waals surface area contributed by atoms with Crippen molar-refractivity contribution in [2.75, 3.05) is 68.0 Å². The standard InChI is InChI=1S/C27H34ClN5O3.C19H20N4O4.C2H5NO/c1-4-35-24-15-18-14-19(8-9-23(18)33(17(2)3)26(24)34)30-25-22(28)16-29-27(31-25)32-12-10-21(11-13-32)36-20-6-5-7-20;1-10-12(22-8-19(9-22)6-20-7-19)3-2-11-15(10)18(27)23(17(11)26)13-4-5-14(24)21-16(13)25;1-3-2-4/h8-9,14-17,20-21H,4-7,10-13H2,1-3H3,(H,29,30,31);2-3,13,20H,4-9H2,1H3,(H,21,24,25);2H,1H3,(H,3,4). The number of hydrogen-bond acceptors (Lipinski definition) is 14. The van der Waals surface area contributed by atoms with Crippen LogP contribution in [0, 0.1) is 12.3 Å². The molecule has 10 rings (SSSR count). The Morgan fingerprint density at radius 3 is 2.28 bits per heavy atom. The van der Waals surface area contributed by atoms with Gasteiger partial charge in [0.2, 0.25) is 24.2 Å². The number of hydrogen-bond donors (Lipinski definition) is 4. The van der Waals surface area contributed by atoms with Crippen LogP contribution in [0.3, 0.4) is 0 Å². The van der Waals surface area contributed by atoms with Gasteiger partial charge in [0, 0.05) is 81.0 Å². The molecule has 6 aliphatic rings. The molecule has 0 bridgehead atoms. The number of anilines is 4. The number of fused-ring (bicyclic) bond motifs is 2. The van der Waals surface area contributed by atoms with Crippen molar-refractivity contribution in [3.8, 4) is 5.75 Å². The number of carbonyl (C=O) groups excluding carboxylic acids is 5. The molecule has 5 fully saturated rings. The number of benzene rings is 2. The first-order chi connectivity index (χ1) is 32.2. The summed E-state index contributed by atoms with van der Waals surface area (Å²) < 4.78 is 13.6. The van der Waals surface area contributed by atoms with E-state index in [-0.39, 0.29) is 30.3 Å². The van der Waals surface area contributed by atoms with Crippen molar-refractivity contribution in [2.24, 2.45) is 5.41 Å². The van der Waals surface area contributed by atoms with Crippen LogP contribution in [0.4, 0.5) is 23.1 Å². The zero-order chi connectivity index (χ0) is 47.6. The summed E-state index contributed by atoms with van der Waals surface area (Å²) in [6.45, 7) is 13.8. The number of nitrogens with zero attached hydrogens (tertiary/aromatic N) is 6. The predicted molar refractivity (Wildman–Crippen MR) is 255 cm³/mol. The fourth-order valence-electron chi connectivity index (χ4n) is 9.56. The molecule has 1 saturated carbocycles. The number of halogens is 1. The second kappa shape index (κ2) is 20.0. The lowest BCUT2D eigenvalue weighted by molar-refractivity contribution is -0.136. The summed E-state index contributed by atoms with van der Waals surface area (Å²) in [4.78, 5) is 86.1. The van der Waals surface area contributed by atoms with E-state index in [1.807, 2.05) is 52.0 Å². The summed E-state index contributed by atoms with van der Waals surface area (Å²) in [5, 5.41) is 12.5. The summed E-state index contributed by atoms with van der Waals surface area (Å²) in [6, 6.07) is 10.3. The van der Waals surface area contributed by atoms with Crippen molar-refractivity contribution in [1.29, 1.82) is 0 Å².